The van der Waals surface area contributed by atoms with E-state index < -0.39 is 0 Å². The average molecular weight is 268 g/mol. The summed E-state index contributed by atoms with van der Waals surface area (Å²) in [7, 11) is 0. The Labute approximate surface area is 96.4 Å². The van der Waals surface area contributed by atoms with E-state index in [2.05, 4.69) is 26.2 Å². The molecular weight excluding hydrogens is 258 g/mol. The smallest absolute Gasteiger partial charge is 0.252 e. The number of hydrogen-bond donors (Lipinski definition) is 1. The Morgan fingerprint density at radius 3 is 3.00 bits per heavy atom. The first kappa shape index (κ1) is 11.7. The first-order valence-electron chi connectivity index (χ1n) is 4.43. The summed E-state index contributed by atoms with van der Waals surface area (Å²) in [6.45, 7) is 2.10. The summed E-state index contributed by atoms with van der Waals surface area (Å²) < 4.78 is 0.685. The highest BCUT2D eigenvalue weighted by Crippen LogP contribution is 2.06. The molecule has 1 aromatic heterocycles. The van der Waals surface area contributed by atoms with Crippen LogP contribution in [0.5, 0.6) is 0 Å². The maximum absolute atomic E-state index is 11.5. The van der Waals surface area contributed by atoms with E-state index in [1.807, 2.05) is 6.07 Å². The van der Waals surface area contributed by atoms with Crippen LogP contribution >= 0.6 is 15.9 Å². The molecule has 0 radical (unpaired) electrons. The maximum Gasteiger partial charge on any atom is 0.252 e. The molecule has 1 amide bonds. The van der Waals surface area contributed by atoms with E-state index in [0.29, 0.717) is 16.7 Å². The number of amides is 1. The molecule has 0 aliphatic carbocycles. The van der Waals surface area contributed by atoms with Gasteiger partial charge in [-0.3, -0.25) is 4.79 Å². The number of aromatic nitrogens is 1. The molecule has 0 aromatic carbocycles. The van der Waals surface area contributed by atoms with Crippen LogP contribution in [0.4, 0.5) is 0 Å². The summed E-state index contributed by atoms with van der Waals surface area (Å²) in [6, 6.07) is 5.41. The fraction of sp³-hybridized carbons (Fsp3) is 0.300. The van der Waals surface area contributed by atoms with E-state index in [9.17, 15) is 4.79 Å². The van der Waals surface area contributed by atoms with E-state index in [1.165, 1.54) is 6.20 Å². The first-order chi connectivity index (χ1) is 7.13. The molecule has 4 nitrogen and oxygen atoms in total. The average Bonchev–Trinajstić information content (AvgIpc) is 2.26. The number of carbonyl (C=O) groups is 1. The van der Waals surface area contributed by atoms with E-state index >= 15 is 0 Å². The molecule has 0 spiro atoms. The van der Waals surface area contributed by atoms with Gasteiger partial charge in [-0.05, 0) is 35.0 Å². The summed E-state index contributed by atoms with van der Waals surface area (Å²) in [5.74, 6) is -0.394. The lowest BCUT2D eigenvalue weighted by molar-refractivity contribution is 0.0950. The lowest BCUT2D eigenvalue weighted by atomic mass is 10.2. The summed E-state index contributed by atoms with van der Waals surface area (Å²) in [5, 5.41) is 11.2. The van der Waals surface area contributed by atoms with Gasteiger partial charge >= 0.3 is 0 Å². The summed E-state index contributed by atoms with van der Waals surface area (Å²) >= 11 is 3.18. The quantitative estimate of drug-likeness (QED) is 0.849. The van der Waals surface area contributed by atoms with E-state index in [1.54, 1.807) is 19.1 Å². The fourth-order valence-electron chi connectivity index (χ4n) is 0.904. The monoisotopic (exact) mass is 267 g/mol. The predicted octanol–water partition coefficient (Wildman–Crippen LogP) is 1.73. The van der Waals surface area contributed by atoms with Crippen molar-refractivity contribution in [3.63, 3.8) is 0 Å². The topological polar surface area (TPSA) is 65.8 Å². The van der Waals surface area contributed by atoms with Crippen molar-refractivity contribution in [1.29, 1.82) is 5.26 Å². The van der Waals surface area contributed by atoms with Crippen molar-refractivity contribution in [3.05, 3.63) is 28.5 Å². The minimum atomic E-state index is -0.211. The zero-order chi connectivity index (χ0) is 11.3. The van der Waals surface area contributed by atoms with Crippen LogP contribution in [0.1, 0.15) is 17.3 Å². The zero-order valence-corrected chi connectivity index (χ0v) is 9.78. The minimum Gasteiger partial charge on any atom is -0.351 e. The van der Waals surface area contributed by atoms with Gasteiger partial charge in [0.25, 0.3) is 5.91 Å². The Kier molecular flexibility index (Phi) is 4.25. The van der Waals surface area contributed by atoms with Crippen molar-refractivity contribution in [3.8, 4) is 6.07 Å². The lowest BCUT2D eigenvalue weighted by Crippen LogP contribution is -2.27. The zero-order valence-electron chi connectivity index (χ0n) is 8.20. The van der Waals surface area contributed by atoms with Crippen LogP contribution in [-0.4, -0.2) is 17.4 Å². The Bertz CT molecular complexity index is 383. The molecule has 1 rings (SSSR count). The second-order valence-corrected chi connectivity index (χ2v) is 3.92. The third kappa shape index (κ3) is 3.68. The molecule has 1 heterocycles. The highest BCUT2D eigenvalue weighted by atomic mass is 79.9. The summed E-state index contributed by atoms with van der Waals surface area (Å²) in [5.41, 5.74) is 0.489. The molecule has 1 unspecified atom stereocenters. The molecular formula is C10H10BrN3O. The molecule has 0 bridgehead atoms. The highest BCUT2D eigenvalue weighted by molar-refractivity contribution is 9.10. The number of pyridine rings is 1. The number of carbonyl (C=O) groups excluding carboxylic acids is 1. The van der Waals surface area contributed by atoms with Gasteiger partial charge in [0, 0.05) is 12.7 Å². The number of hydrogen-bond acceptors (Lipinski definition) is 3. The lowest BCUT2D eigenvalue weighted by Gasteiger charge is -2.05. The van der Waals surface area contributed by atoms with E-state index in [0.717, 1.165) is 0 Å². The van der Waals surface area contributed by atoms with Crippen molar-refractivity contribution in [1.82, 2.24) is 10.3 Å². The third-order valence-corrected chi connectivity index (χ3v) is 2.25. The molecule has 1 atom stereocenters. The summed E-state index contributed by atoms with van der Waals surface area (Å²) in [4.78, 5) is 15.4. The van der Waals surface area contributed by atoms with Crippen LogP contribution < -0.4 is 5.32 Å². The summed E-state index contributed by atoms with van der Waals surface area (Å²) in [6.07, 6.45) is 1.48. The van der Waals surface area contributed by atoms with Crippen LogP contribution in [0.2, 0.25) is 0 Å². The van der Waals surface area contributed by atoms with Crippen LogP contribution in [0.15, 0.2) is 22.9 Å². The highest BCUT2D eigenvalue weighted by Gasteiger charge is 2.07. The van der Waals surface area contributed by atoms with Crippen LogP contribution in [0.25, 0.3) is 0 Å². The van der Waals surface area contributed by atoms with Gasteiger partial charge in [0.15, 0.2) is 0 Å². The van der Waals surface area contributed by atoms with Gasteiger partial charge in [-0.2, -0.15) is 5.26 Å². The van der Waals surface area contributed by atoms with Crippen molar-refractivity contribution in [2.24, 2.45) is 5.92 Å². The van der Waals surface area contributed by atoms with Gasteiger partial charge < -0.3 is 5.32 Å². The number of nitrogens with one attached hydrogen (secondary N) is 1. The Balaban J connectivity index is 2.55. The van der Waals surface area contributed by atoms with Crippen molar-refractivity contribution in [2.45, 2.75) is 6.92 Å². The Morgan fingerprint density at radius 1 is 1.73 bits per heavy atom. The van der Waals surface area contributed by atoms with Gasteiger partial charge in [-0.15, -0.1) is 0 Å². The normalized spacial score (nSPS) is 11.5. The van der Waals surface area contributed by atoms with Crippen LogP contribution in [-0.2, 0) is 0 Å². The fourth-order valence-corrected chi connectivity index (χ4v) is 1.14. The second kappa shape index (κ2) is 5.47. The molecule has 78 valence electrons. The number of nitrogens with zero attached hydrogens (tertiary/aromatic N) is 2. The molecule has 0 saturated heterocycles. The van der Waals surface area contributed by atoms with E-state index in [-0.39, 0.29) is 11.8 Å². The number of nitriles is 1. The Hall–Kier alpha value is -1.41. The largest absolute Gasteiger partial charge is 0.351 e. The van der Waals surface area contributed by atoms with Gasteiger partial charge in [0.2, 0.25) is 0 Å². The second-order valence-electron chi connectivity index (χ2n) is 3.11. The number of rotatable bonds is 3. The molecule has 15 heavy (non-hydrogen) atoms. The third-order valence-electron chi connectivity index (χ3n) is 1.78. The standard InChI is InChI=1S/C10H10BrN3O/c1-7(4-12)5-14-10(15)8-2-3-9(11)13-6-8/h2-3,6-7H,5H2,1H3,(H,14,15). The van der Waals surface area contributed by atoms with Crippen molar-refractivity contribution < 1.29 is 4.79 Å². The molecule has 0 saturated carbocycles. The van der Waals surface area contributed by atoms with Gasteiger partial charge in [0.05, 0.1) is 17.6 Å². The van der Waals surface area contributed by atoms with Gasteiger partial charge in [-0.25, -0.2) is 4.98 Å². The van der Waals surface area contributed by atoms with Crippen molar-refractivity contribution >= 4 is 21.8 Å². The van der Waals surface area contributed by atoms with Crippen molar-refractivity contribution in [2.75, 3.05) is 6.54 Å². The van der Waals surface area contributed by atoms with Gasteiger partial charge in [0.1, 0.15) is 4.60 Å². The molecule has 5 heteroatoms. The molecule has 0 fully saturated rings. The van der Waals surface area contributed by atoms with Gasteiger partial charge in [-0.1, -0.05) is 0 Å². The predicted molar refractivity (Wildman–Crippen MR) is 59.0 cm³/mol. The van der Waals surface area contributed by atoms with Crippen LogP contribution in [0.3, 0.4) is 0 Å². The molecule has 0 aliphatic heterocycles. The molecule has 1 N–H and O–H groups in total. The molecule has 1 aromatic rings. The maximum atomic E-state index is 11.5. The number of halogens is 1. The SMILES string of the molecule is CC(C#N)CNC(=O)c1ccc(Br)nc1. The van der Waals surface area contributed by atoms with E-state index in [4.69, 9.17) is 5.26 Å². The minimum absolute atomic E-state index is 0.183. The Morgan fingerprint density at radius 2 is 2.47 bits per heavy atom. The van der Waals surface area contributed by atoms with Crippen LogP contribution in [0, 0.1) is 17.2 Å². The molecule has 0 aliphatic rings. The first-order valence-corrected chi connectivity index (χ1v) is 5.22.